The molecule has 0 aliphatic carbocycles. The van der Waals surface area contributed by atoms with Crippen molar-refractivity contribution < 1.29 is 19.4 Å². The molecule has 1 aromatic rings. The standard InChI is InChI=1S/C9H11O4P.C3H6Cl2/c10-9(11)6-7-14(12,13)8-4-2-1-3-5-8;1-3(5)2-4/h1-5H,6-7H2,(H,10,11)(H,12,13);3H,2H2,1H3. The van der Waals surface area contributed by atoms with Gasteiger partial charge in [-0.25, -0.2) is 0 Å². The second-order valence-corrected chi connectivity index (χ2v) is 7.26. The number of hydrogen-bond donors (Lipinski definition) is 2. The number of carbonyl (C=O) groups is 1. The maximum absolute atomic E-state index is 11.6. The molecule has 1 aromatic carbocycles. The Balaban J connectivity index is 0.000000555. The molecule has 1 rings (SSSR count). The van der Waals surface area contributed by atoms with Crippen molar-refractivity contribution in [1.82, 2.24) is 0 Å². The van der Waals surface area contributed by atoms with E-state index in [1.165, 1.54) is 12.1 Å². The van der Waals surface area contributed by atoms with Crippen molar-refractivity contribution in [3.05, 3.63) is 30.3 Å². The molecule has 0 amide bonds. The fraction of sp³-hybridized carbons (Fsp3) is 0.417. The van der Waals surface area contributed by atoms with Crippen molar-refractivity contribution in [3.63, 3.8) is 0 Å². The highest BCUT2D eigenvalue weighted by atomic mass is 35.5. The number of rotatable bonds is 5. The lowest BCUT2D eigenvalue weighted by atomic mass is 10.4. The first-order chi connectivity index (χ1) is 8.79. The van der Waals surface area contributed by atoms with E-state index in [0.717, 1.165) is 0 Å². The third-order valence-electron chi connectivity index (χ3n) is 2.00. The van der Waals surface area contributed by atoms with E-state index in [-0.39, 0.29) is 18.0 Å². The van der Waals surface area contributed by atoms with E-state index in [4.69, 9.17) is 28.3 Å². The van der Waals surface area contributed by atoms with E-state index in [1.54, 1.807) is 18.2 Å². The third-order valence-corrected chi connectivity index (χ3v) is 4.71. The normalized spacial score (nSPS) is 14.7. The van der Waals surface area contributed by atoms with Crippen LogP contribution in [-0.2, 0) is 9.36 Å². The molecule has 108 valence electrons. The molecule has 2 unspecified atom stereocenters. The highest BCUT2D eigenvalue weighted by Crippen LogP contribution is 2.39. The third kappa shape index (κ3) is 9.06. The Morgan fingerprint density at radius 3 is 2.21 bits per heavy atom. The minimum absolute atomic E-state index is 0.122. The van der Waals surface area contributed by atoms with Gasteiger partial charge in [0.25, 0.3) is 0 Å². The first-order valence-electron chi connectivity index (χ1n) is 5.59. The molecule has 0 saturated heterocycles. The average Bonchev–Trinajstić information content (AvgIpc) is 2.38. The number of carboxylic acids is 1. The average molecular weight is 327 g/mol. The number of benzene rings is 1. The van der Waals surface area contributed by atoms with Crippen LogP contribution >= 0.6 is 30.6 Å². The zero-order chi connectivity index (χ0) is 14.9. The molecule has 0 spiro atoms. The maximum Gasteiger partial charge on any atom is 0.303 e. The van der Waals surface area contributed by atoms with Crippen LogP contribution in [0, 0.1) is 0 Å². The monoisotopic (exact) mass is 326 g/mol. The minimum Gasteiger partial charge on any atom is -0.481 e. The lowest BCUT2D eigenvalue weighted by molar-refractivity contribution is -0.136. The fourth-order valence-corrected chi connectivity index (χ4v) is 2.43. The second kappa shape index (κ2) is 9.38. The summed E-state index contributed by atoms with van der Waals surface area (Å²) in [7, 11) is -3.48. The lowest BCUT2D eigenvalue weighted by Crippen LogP contribution is -2.09. The van der Waals surface area contributed by atoms with Gasteiger partial charge in [-0.05, 0) is 19.1 Å². The zero-order valence-electron chi connectivity index (χ0n) is 10.5. The molecule has 4 nitrogen and oxygen atoms in total. The van der Waals surface area contributed by atoms with Crippen molar-refractivity contribution in [2.45, 2.75) is 18.7 Å². The van der Waals surface area contributed by atoms with Gasteiger partial charge in [0.1, 0.15) is 0 Å². The van der Waals surface area contributed by atoms with Crippen molar-refractivity contribution in [2.24, 2.45) is 0 Å². The van der Waals surface area contributed by atoms with Gasteiger partial charge in [-0.3, -0.25) is 9.36 Å². The molecule has 0 aliphatic heterocycles. The lowest BCUT2D eigenvalue weighted by Gasteiger charge is -2.09. The number of hydrogen-bond acceptors (Lipinski definition) is 2. The van der Waals surface area contributed by atoms with Gasteiger partial charge in [0.05, 0.1) is 6.42 Å². The smallest absolute Gasteiger partial charge is 0.303 e. The summed E-state index contributed by atoms with van der Waals surface area (Å²) in [5.41, 5.74) is 0. The van der Waals surface area contributed by atoms with Crippen molar-refractivity contribution in [3.8, 4) is 0 Å². The number of aliphatic carboxylic acids is 1. The molecule has 19 heavy (non-hydrogen) atoms. The summed E-state index contributed by atoms with van der Waals surface area (Å²) in [6.45, 7) is 1.86. The summed E-state index contributed by atoms with van der Waals surface area (Å²) in [6, 6.07) is 8.10. The SMILES string of the molecule is CC(Cl)CCl.O=C(O)CCP(=O)(O)c1ccccc1. The van der Waals surface area contributed by atoms with Crippen LogP contribution in [0.1, 0.15) is 13.3 Å². The molecule has 0 fully saturated rings. The van der Waals surface area contributed by atoms with Crippen molar-refractivity contribution >= 4 is 41.8 Å². The van der Waals surface area contributed by atoms with Gasteiger partial charge in [-0.2, -0.15) is 0 Å². The molecular weight excluding hydrogens is 310 g/mol. The molecule has 2 atom stereocenters. The Labute approximate surface area is 122 Å². The maximum atomic E-state index is 11.6. The summed E-state index contributed by atoms with van der Waals surface area (Å²) in [6.07, 6.45) is -0.505. The predicted octanol–water partition coefficient (Wildman–Crippen LogP) is 2.91. The van der Waals surface area contributed by atoms with E-state index >= 15 is 0 Å². The molecule has 0 radical (unpaired) electrons. The molecule has 7 heteroatoms. The van der Waals surface area contributed by atoms with Crippen LogP contribution in [0.4, 0.5) is 0 Å². The second-order valence-electron chi connectivity index (χ2n) is 3.84. The first-order valence-corrected chi connectivity index (χ1v) is 8.40. The van der Waals surface area contributed by atoms with Gasteiger partial charge >= 0.3 is 5.97 Å². The summed E-state index contributed by atoms with van der Waals surface area (Å²) in [5.74, 6) is -0.517. The van der Waals surface area contributed by atoms with Crippen LogP contribution in [0.25, 0.3) is 0 Å². The van der Waals surface area contributed by atoms with E-state index in [2.05, 4.69) is 0 Å². The van der Waals surface area contributed by atoms with Crippen LogP contribution < -0.4 is 5.30 Å². The molecule has 0 aliphatic rings. The van der Waals surface area contributed by atoms with Gasteiger partial charge in [0.2, 0.25) is 7.37 Å². The van der Waals surface area contributed by atoms with Crippen LogP contribution in [-0.4, -0.2) is 33.4 Å². The molecule has 0 aromatic heterocycles. The van der Waals surface area contributed by atoms with Crippen LogP contribution in [0.3, 0.4) is 0 Å². The van der Waals surface area contributed by atoms with Gasteiger partial charge < -0.3 is 10.00 Å². The Bertz CT molecular complexity index is 423. The van der Waals surface area contributed by atoms with E-state index < -0.39 is 13.3 Å². The quantitative estimate of drug-likeness (QED) is 0.644. The van der Waals surface area contributed by atoms with Crippen molar-refractivity contribution in [1.29, 1.82) is 0 Å². The highest BCUT2D eigenvalue weighted by molar-refractivity contribution is 7.66. The molecule has 0 bridgehead atoms. The van der Waals surface area contributed by atoms with Gasteiger partial charge in [0, 0.05) is 22.7 Å². The molecular formula is C12H17Cl2O4P. The first kappa shape index (κ1) is 18.5. The number of alkyl halides is 2. The van der Waals surface area contributed by atoms with E-state index in [9.17, 15) is 14.3 Å². The molecule has 0 heterocycles. The van der Waals surface area contributed by atoms with E-state index in [1.807, 2.05) is 6.92 Å². The van der Waals surface area contributed by atoms with Crippen molar-refractivity contribution in [2.75, 3.05) is 12.0 Å². The summed E-state index contributed by atoms with van der Waals surface area (Å²) in [4.78, 5) is 19.8. The van der Waals surface area contributed by atoms with Gasteiger partial charge in [-0.15, -0.1) is 23.2 Å². The van der Waals surface area contributed by atoms with Gasteiger partial charge in [0.15, 0.2) is 0 Å². The largest absolute Gasteiger partial charge is 0.481 e. The molecule has 0 saturated carbocycles. The molecule has 2 N–H and O–H groups in total. The summed E-state index contributed by atoms with van der Waals surface area (Å²) >= 11 is 10.5. The zero-order valence-corrected chi connectivity index (χ0v) is 12.9. The fourth-order valence-electron chi connectivity index (χ4n) is 1.04. The Kier molecular flexibility index (Phi) is 9.11. The van der Waals surface area contributed by atoms with E-state index in [0.29, 0.717) is 11.2 Å². The number of carboxylic acid groups (broad SMARTS) is 1. The van der Waals surface area contributed by atoms with Gasteiger partial charge in [-0.1, -0.05) is 18.2 Å². The van der Waals surface area contributed by atoms with Crippen LogP contribution in [0.2, 0.25) is 0 Å². The predicted molar refractivity (Wildman–Crippen MR) is 79.1 cm³/mol. The van der Waals surface area contributed by atoms with Crippen LogP contribution in [0.15, 0.2) is 30.3 Å². The summed E-state index contributed by atoms with van der Waals surface area (Å²) in [5, 5.41) is 8.82. The van der Waals surface area contributed by atoms with Crippen LogP contribution in [0.5, 0.6) is 0 Å². The Morgan fingerprint density at radius 1 is 1.37 bits per heavy atom. The Morgan fingerprint density at radius 2 is 1.84 bits per heavy atom. The Hall–Kier alpha value is -0.540. The minimum atomic E-state index is -3.48. The highest BCUT2D eigenvalue weighted by Gasteiger charge is 2.21. The number of halogens is 2. The summed E-state index contributed by atoms with van der Waals surface area (Å²) < 4.78 is 11.6. The topological polar surface area (TPSA) is 74.6 Å².